The van der Waals surface area contributed by atoms with Gasteiger partial charge in [0.15, 0.2) is 5.82 Å². The van der Waals surface area contributed by atoms with E-state index in [2.05, 4.69) is 10.4 Å². The van der Waals surface area contributed by atoms with Crippen molar-refractivity contribution in [3.63, 3.8) is 0 Å². The van der Waals surface area contributed by atoms with E-state index in [1.807, 2.05) is 13.8 Å². The molecule has 0 bridgehead atoms. The van der Waals surface area contributed by atoms with Crippen LogP contribution in [0.15, 0.2) is 18.2 Å². The zero-order chi connectivity index (χ0) is 17.3. The average Bonchev–Trinajstić information content (AvgIpc) is 2.81. The number of anilines is 1. The number of amides is 1. The summed E-state index contributed by atoms with van der Waals surface area (Å²) in [5.41, 5.74) is -0.880. The van der Waals surface area contributed by atoms with Crippen LogP contribution in [0.1, 0.15) is 35.9 Å². The molecule has 1 N–H and O–H groups in total. The van der Waals surface area contributed by atoms with Crippen LogP contribution in [0, 0.1) is 28.7 Å². The number of carbonyl (C=O) groups is 1. The Morgan fingerprint density at radius 1 is 1.30 bits per heavy atom. The van der Waals surface area contributed by atoms with Crippen molar-refractivity contribution in [3.05, 3.63) is 51.2 Å². The van der Waals surface area contributed by atoms with Crippen molar-refractivity contribution in [1.29, 1.82) is 0 Å². The summed E-state index contributed by atoms with van der Waals surface area (Å²) in [6, 6.07) is 2.52. The van der Waals surface area contributed by atoms with Crippen LogP contribution < -0.4 is 5.32 Å². The number of nitrogens with one attached hydrogen (secondary N) is 1. The monoisotopic (exact) mass is 324 g/mol. The maximum atomic E-state index is 13.8. The molecule has 1 amide bonds. The summed E-state index contributed by atoms with van der Waals surface area (Å²) in [4.78, 5) is 21.5. The summed E-state index contributed by atoms with van der Waals surface area (Å²) >= 11 is 0. The summed E-state index contributed by atoms with van der Waals surface area (Å²) in [5.74, 6) is -3.23. The number of aryl methyl sites for hydroxylation is 1. The smallest absolute Gasteiger partial charge is 0.305 e. The number of halogens is 2. The Morgan fingerprint density at radius 2 is 1.96 bits per heavy atom. The lowest BCUT2D eigenvalue weighted by Crippen LogP contribution is -2.15. The second-order valence-corrected chi connectivity index (χ2v) is 5.20. The molecule has 0 unspecified atom stereocenters. The summed E-state index contributed by atoms with van der Waals surface area (Å²) in [5, 5.41) is 17.0. The topological polar surface area (TPSA) is 90.1 Å². The number of nitro groups is 1. The van der Waals surface area contributed by atoms with E-state index in [1.165, 1.54) is 0 Å². The van der Waals surface area contributed by atoms with Gasteiger partial charge in [0, 0.05) is 17.8 Å². The van der Waals surface area contributed by atoms with Crippen LogP contribution in [0.5, 0.6) is 0 Å². The molecule has 0 atom stereocenters. The number of nitrogens with zero attached hydrogens (tertiary/aromatic N) is 3. The van der Waals surface area contributed by atoms with Crippen molar-refractivity contribution in [1.82, 2.24) is 9.78 Å². The van der Waals surface area contributed by atoms with Gasteiger partial charge in [-0.25, -0.2) is 4.39 Å². The number of hydrogen-bond acceptors (Lipinski definition) is 4. The standard InChI is InChI=1S/C14H14F2N4O3/c1-7(2)19-8(3)4-13(18-19)17-14(21)9-5-11(16)12(20(22)23)6-10(9)15/h4-7H,1-3H3,(H,17,18,21). The first-order valence-electron chi connectivity index (χ1n) is 6.71. The second kappa shape index (κ2) is 6.11. The first-order chi connectivity index (χ1) is 10.7. The van der Waals surface area contributed by atoms with Crippen LogP contribution >= 0.6 is 0 Å². The fourth-order valence-electron chi connectivity index (χ4n) is 2.11. The van der Waals surface area contributed by atoms with Gasteiger partial charge in [-0.3, -0.25) is 19.6 Å². The van der Waals surface area contributed by atoms with E-state index in [0.29, 0.717) is 12.1 Å². The Kier molecular flexibility index (Phi) is 4.39. The quantitative estimate of drug-likeness (QED) is 0.690. The lowest BCUT2D eigenvalue weighted by atomic mass is 10.1. The molecular weight excluding hydrogens is 310 g/mol. The highest BCUT2D eigenvalue weighted by molar-refractivity contribution is 6.04. The maximum absolute atomic E-state index is 13.8. The average molecular weight is 324 g/mol. The van der Waals surface area contributed by atoms with Crippen LogP contribution in [0.3, 0.4) is 0 Å². The predicted molar refractivity (Wildman–Crippen MR) is 78.3 cm³/mol. The Hall–Kier alpha value is -2.84. The van der Waals surface area contributed by atoms with Crippen LogP contribution in [-0.2, 0) is 0 Å². The van der Waals surface area contributed by atoms with Crippen LogP contribution in [0.25, 0.3) is 0 Å². The van der Waals surface area contributed by atoms with E-state index < -0.39 is 33.7 Å². The lowest BCUT2D eigenvalue weighted by molar-refractivity contribution is -0.387. The van der Waals surface area contributed by atoms with Crippen molar-refractivity contribution < 1.29 is 18.5 Å². The molecule has 1 aromatic carbocycles. The highest BCUT2D eigenvalue weighted by Crippen LogP contribution is 2.22. The molecule has 1 heterocycles. The van der Waals surface area contributed by atoms with Gasteiger partial charge in [-0.15, -0.1) is 0 Å². The molecule has 0 aliphatic rings. The third-order valence-electron chi connectivity index (χ3n) is 3.13. The Bertz CT molecular complexity index is 787. The third-order valence-corrected chi connectivity index (χ3v) is 3.13. The molecule has 0 fully saturated rings. The molecule has 23 heavy (non-hydrogen) atoms. The van der Waals surface area contributed by atoms with Gasteiger partial charge in [0.05, 0.1) is 16.6 Å². The minimum Gasteiger partial charge on any atom is -0.305 e. The zero-order valence-electron chi connectivity index (χ0n) is 12.6. The van der Waals surface area contributed by atoms with Gasteiger partial charge < -0.3 is 5.32 Å². The summed E-state index contributed by atoms with van der Waals surface area (Å²) in [7, 11) is 0. The van der Waals surface area contributed by atoms with Crippen molar-refractivity contribution in [2.45, 2.75) is 26.8 Å². The maximum Gasteiger partial charge on any atom is 0.307 e. The van der Waals surface area contributed by atoms with Gasteiger partial charge in [-0.2, -0.15) is 9.49 Å². The van der Waals surface area contributed by atoms with E-state index in [9.17, 15) is 23.7 Å². The first kappa shape index (κ1) is 16.5. The Morgan fingerprint density at radius 3 is 2.48 bits per heavy atom. The van der Waals surface area contributed by atoms with Crippen molar-refractivity contribution in [2.24, 2.45) is 0 Å². The molecule has 1 aromatic heterocycles. The number of rotatable bonds is 4. The third kappa shape index (κ3) is 3.33. The van der Waals surface area contributed by atoms with Crippen molar-refractivity contribution in [2.75, 3.05) is 5.32 Å². The number of benzene rings is 1. The van der Waals surface area contributed by atoms with Crippen LogP contribution in [-0.4, -0.2) is 20.6 Å². The second-order valence-electron chi connectivity index (χ2n) is 5.20. The highest BCUT2D eigenvalue weighted by Gasteiger charge is 2.22. The van der Waals surface area contributed by atoms with E-state index in [-0.39, 0.29) is 11.9 Å². The highest BCUT2D eigenvalue weighted by atomic mass is 19.1. The number of carbonyl (C=O) groups excluding carboxylic acids is 1. The van der Waals surface area contributed by atoms with E-state index in [0.717, 1.165) is 5.69 Å². The molecule has 0 saturated heterocycles. The molecule has 0 aliphatic heterocycles. The van der Waals surface area contributed by atoms with Gasteiger partial charge >= 0.3 is 5.69 Å². The molecule has 0 saturated carbocycles. The molecule has 2 rings (SSSR count). The molecule has 9 heteroatoms. The number of nitro benzene ring substituents is 1. The molecule has 7 nitrogen and oxygen atoms in total. The van der Waals surface area contributed by atoms with E-state index >= 15 is 0 Å². The SMILES string of the molecule is Cc1cc(NC(=O)c2cc(F)c([N+](=O)[O-])cc2F)nn1C(C)C. The van der Waals surface area contributed by atoms with Crippen LogP contribution in [0.4, 0.5) is 20.3 Å². The van der Waals surface area contributed by atoms with Crippen molar-refractivity contribution in [3.8, 4) is 0 Å². The van der Waals surface area contributed by atoms with Crippen LogP contribution in [0.2, 0.25) is 0 Å². The predicted octanol–water partition coefficient (Wildman–Crippen LogP) is 3.21. The van der Waals surface area contributed by atoms with Gasteiger partial charge in [0.25, 0.3) is 5.91 Å². The normalized spacial score (nSPS) is 10.9. The molecular formula is C14H14F2N4O3. The van der Waals surface area contributed by atoms with Gasteiger partial charge in [-0.1, -0.05) is 0 Å². The molecule has 0 aliphatic carbocycles. The fourth-order valence-corrected chi connectivity index (χ4v) is 2.11. The van der Waals surface area contributed by atoms with Gasteiger partial charge in [0.2, 0.25) is 5.82 Å². The molecule has 0 spiro atoms. The van der Waals surface area contributed by atoms with Crippen molar-refractivity contribution >= 4 is 17.4 Å². The minimum absolute atomic E-state index is 0.0641. The summed E-state index contributed by atoms with van der Waals surface area (Å²) in [6.45, 7) is 5.59. The first-order valence-corrected chi connectivity index (χ1v) is 6.71. The molecule has 2 aromatic rings. The fraction of sp³-hybridized carbons (Fsp3) is 0.286. The van der Waals surface area contributed by atoms with Gasteiger partial charge in [-0.05, 0) is 26.8 Å². The van der Waals surface area contributed by atoms with E-state index in [4.69, 9.17) is 0 Å². The number of hydrogen-bond donors (Lipinski definition) is 1. The van der Waals surface area contributed by atoms with E-state index in [1.54, 1.807) is 17.7 Å². The lowest BCUT2D eigenvalue weighted by Gasteiger charge is -2.07. The molecule has 0 radical (unpaired) electrons. The number of aromatic nitrogens is 2. The van der Waals surface area contributed by atoms with Gasteiger partial charge in [0.1, 0.15) is 5.82 Å². The largest absolute Gasteiger partial charge is 0.307 e. The minimum atomic E-state index is -1.29. The Balaban J connectivity index is 2.29. The Labute approximate surface area is 130 Å². The summed E-state index contributed by atoms with van der Waals surface area (Å²) < 4.78 is 29.0. The summed E-state index contributed by atoms with van der Waals surface area (Å²) in [6.07, 6.45) is 0. The zero-order valence-corrected chi connectivity index (χ0v) is 12.6. The molecule has 122 valence electrons.